The third-order valence-corrected chi connectivity index (χ3v) is 4.46. The van der Waals surface area contributed by atoms with Crippen LogP contribution in [-0.4, -0.2) is 43.5 Å². The summed E-state index contributed by atoms with van der Waals surface area (Å²) in [4.78, 5) is 17.0. The highest BCUT2D eigenvalue weighted by atomic mass is 16.2. The van der Waals surface area contributed by atoms with Crippen LogP contribution in [-0.2, 0) is 11.8 Å². The highest BCUT2D eigenvalue weighted by Gasteiger charge is 2.34. The molecule has 0 saturated carbocycles. The van der Waals surface area contributed by atoms with Gasteiger partial charge in [-0.1, -0.05) is 0 Å². The molecule has 0 spiro atoms. The molecule has 0 aliphatic carbocycles. The lowest BCUT2D eigenvalue weighted by Crippen LogP contribution is -2.28. The van der Waals surface area contributed by atoms with E-state index in [4.69, 9.17) is 0 Å². The maximum Gasteiger partial charge on any atom is 0.229 e. The van der Waals surface area contributed by atoms with Crippen LogP contribution >= 0.6 is 0 Å². The van der Waals surface area contributed by atoms with E-state index in [1.807, 2.05) is 43.8 Å². The molecule has 4 heterocycles. The quantitative estimate of drug-likeness (QED) is 0.740. The van der Waals surface area contributed by atoms with Gasteiger partial charge in [0.1, 0.15) is 0 Å². The van der Waals surface area contributed by atoms with E-state index in [1.54, 1.807) is 21.8 Å². The van der Waals surface area contributed by atoms with Crippen LogP contribution in [0.15, 0.2) is 49.2 Å². The van der Waals surface area contributed by atoms with Gasteiger partial charge in [0.15, 0.2) is 5.82 Å². The molecular formula is C17H19N7O. The third-order valence-electron chi connectivity index (χ3n) is 4.46. The average molecular weight is 337 g/mol. The second-order valence-corrected chi connectivity index (χ2v) is 6.16. The number of nitrogens with one attached hydrogen (secondary N) is 2. The summed E-state index contributed by atoms with van der Waals surface area (Å²) < 4.78 is 3.44. The molecule has 8 heteroatoms. The van der Waals surface area contributed by atoms with E-state index in [9.17, 15) is 4.79 Å². The first-order valence-corrected chi connectivity index (χ1v) is 8.17. The molecule has 0 bridgehead atoms. The maximum atomic E-state index is 12.7. The number of anilines is 1. The smallest absolute Gasteiger partial charge is 0.229 e. The zero-order chi connectivity index (χ0) is 17.2. The molecule has 1 amide bonds. The zero-order valence-corrected chi connectivity index (χ0v) is 13.8. The number of carbonyl (C=O) groups excluding carboxylic acids is 1. The highest BCUT2D eigenvalue weighted by Crippen LogP contribution is 2.28. The summed E-state index contributed by atoms with van der Waals surface area (Å²) >= 11 is 0. The number of hydrogen-bond acceptors (Lipinski definition) is 5. The van der Waals surface area contributed by atoms with Gasteiger partial charge in [0.25, 0.3) is 0 Å². The second-order valence-electron chi connectivity index (χ2n) is 6.16. The normalized spacial score (nSPS) is 19.9. The van der Waals surface area contributed by atoms with Crippen molar-refractivity contribution in [3.05, 3.63) is 54.7 Å². The van der Waals surface area contributed by atoms with Gasteiger partial charge in [-0.3, -0.25) is 9.48 Å². The molecule has 128 valence electrons. The lowest BCUT2D eigenvalue weighted by molar-refractivity contribution is -0.119. The molecule has 1 aliphatic heterocycles. The molecule has 0 aromatic carbocycles. The Morgan fingerprint density at radius 3 is 2.88 bits per heavy atom. The zero-order valence-electron chi connectivity index (χ0n) is 13.8. The predicted molar refractivity (Wildman–Crippen MR) is 92.3 cm³/mol. The summed E-state index contributed by atoms with van der Waals surface area (Å²) in [6.07, 6.45) is 8.97. The minimum Gasteiger partial charge on any atom is -0.324 e. The number of rotatable bonds is 4. The number of nitrogens with zero attached hydrogens (tertiary/aromatic N) is 5. The molecule has 2 atom stereocenters. The highest BCUT2D eigenvalue weighted by molar-refractivity contribution is 5.93. The van der Waals surface area contributed by atoms with Gasteiger partial charge in [-0.05, 0) is 23.8 Å². The molecule has 0 radical (unpaired) electrons. The van der Waals surface area contributed by atoms with Crippen molar-refractivity contribution in [1.82, 2.24) is 29.9 Å². The van der Waals surface area contributed by atoms with Crippen molar-refractivity contribution >= 4 is 11.6 Å². The van der Waals surface area contributed by atoms with Crippen LogP contribution in [0.1, 0.15) is 11.5 Å². The minimum absolute atomic E-state index is 0.00695. The molecule has 3 aromatic rings. The van der Waals surface area contributed by atoms with Crippen LogP contribution in [0, 0.1) is 5.92 Å². The SMILES string of the molecule is Cn1cc([C@H]2CNC[C@@H]2C(=O)Nc2ccc(-n3cccn3)nc2)cn1. The minimum atomic E-state index is -0.130. The number of aryl methyl sites for hydroxylation is 1. The Hall–Kier alpha value is -3.00. The molecule has 2 N–H and O–H groups in total. The monoisotopic (exact) mass is 337 g/mol. The van der Waals surface area contributed by atoms with Crippen LogP contribution in [0.4, 0.5) is 5.69 Å². The van der Waals surface area contributed by atoms with Crippen molar-refractivity contribution in [3.8, 4) is 5.82 Å². The number of pyridine rings is 1. The fourth-order valence-electron chi connectivity index (χ4n) is 3.17. The van der Waals surface area contributed by atoms with Crippen LogP contribution in [0.5, 0.6) is 0 Å². The topological polar surface area (TPSA) is 89.7 Å². The van der Waals surface area contributed by atoms with Gasteiger partial charge in [0, 0.05) is 44.6 Å². The Balaban J connectivity index is 1.46. The van der Waals surface area contributed by atoms with Gasteiger partial charge >= 0.3 is 0 Å². The van der Waals surface area contributed by atoms with E-state index in [0.717, 1.165) is 12.1 Å². The van der Waals surface area contributed by atoms with Crippen molar-refractivity contribution in [2.45, 2.75) is 5.92 Å². The van der Waals surface area contributed by atoms with Crippen LogP contribution in [0.2, 0.25) is 0 Å². The maximum absolute atomic E-state index is 12.7. The Kier molecular flexibility index (Phi) is 4.02. The largest absolute Gasteiger partial charge is 0.324 e. The average Bonchev–Trinajstić information content (AvgIpc) is 3.36. The van der Waals surface area contributed by atoms with Crippen LogP contribution < -0.4 is 10.6 Å². The van der Waals surface area contributed by atoms with E-state index in [0.29, 0.717) is 18.1 Å². The summed E-state index contributed by atoms with van der Waals surface area (Å²) in [7, 11) is 1.88. The van der Waals surface area contributed by atoms with Crippen LogP contribution in [0.3, 0.4) is 0 Å². The summed E-state index contributed by atoms with van der Waals surface area (Å²) in [5.41, 5.74) is 1.76. The summed E-state index contributed by atoms with van der Waals surface area (Å²) in [6, 6.07) is 5.50. The van der Waals surface area contributed by atoms with Crippen LogP contribution in [0.25, 0.3) is 5.82 Å². The van der Waals surface area contributed by atoms with E-state index >= 15 is 0 Å². The predicted octanol–water partition coefficient (Wildman–Crippen LogP) is 0.942. The van der Waals surface area contributed by atoms with Gasteiger partial charge in [0.05, 0.1) is 24.0 Å². The number of carbonyl (C=O) groups is 1. The number of aromatic nitrogens is 5. The summed E-state index contributed by atoms with van der Waals surface area (Å²) in [5.74, 6) is 0.700. The molecule has 0 unspecified atom stereocenters. The standard InChI is InChI=1S/C17H19N7O/c1-23-11-12(7-21-23)14-9-18-10-15(14)17(25)22-13-3-4-16(19-8-13)24-6-2-5-20-24/h2-8,11,14-15,18H,9-10H2,1H3,(H,22,25)/t14-,15+/m1/s1. The van der Waals surface area contributed by atoms with Gasteiger partial charge in [-0.15, -0.1) is 0 Å². The number of amides is 1. The van der Waals surface area contributed by atoms with E-state index in [2.05, 4.69) is 25.8 Å². The van der Waals surface area contributed by atoms with Gasteiger partial charge in [-0.2, -0.15) is 10.2 Å². The van der Waals surface area contributed by atoms with Gasteiger partial charge < -0.3 is 10.6 Å². The van der Waals surface area contributed by atoms with Crippen molar-refractivity contribution in [3.63, 3.8) is 0 Å². The molecule has 25 heavy (non-hydrogen) atoms. The Morgan fingerprint density at radius 2 is 2.20 bits per heavy atom. The van der Waals surface area contributed by atoms with Crippen molar-refractivity contribution in [2.24, 2.45) is 13.0 Å². The second kappa shape index (κ2) is 6.48. The molecule has 8 nitrogen and oxygen atoms in total. The molecule has 1 aliphatic rings. The van der Waals surface area contributed by atoms with E-state index < -0.39 is 0 Å². The van der Waals surface area contributed by atoms with E-state index in [1.165, 1.54) is 0 Å². The van der Waals surface area contributed by atoms with Crippen molar-refractivity contribution in [1.29, 1.82) is 0 Å². The fraction of sp³-hybridized carbons (Fsp3) is 0.294. The first kappa shape index (κ1) is 15.5. The first-order chi connectivity index (χ1) is 12.2. The first-order valence-electron chi connectivity index (χ1n) is 8.17. The summed E-state index contributed by atoms with van der Waals surface area (Å²) in [6.45, 7) is 1.43. The molecule has 3 aromatic heterocycles. The summed E-state index contributed by atoms with van der Waals surface area (Å²) in [5, 5.41) is 14.6. The van der Waals surface area contributed by atoms with Gasteiger partial charge in [0.2, 0.25) is 5.91 Å². The Bertz CT molecular complexity index is 854. The van der Waals surface area contributed by atoms with E-state index in [-0.39, 0.29) is 17.7 Å². The molecule has 4 rings (SSSR count). The third kappa shape index (κ3) is 3.16. The van der Waals surface area contributed by atoms with Crippen molar-refractivity contribution < 1.29 is 4.79 Å². The fourth-order valence-corrected chi connectivity index (χ4v) is 3.17. The van der Waals surface area contributed by atoms with Crippen molar-refractivity contribution in [2.75, 3.05) is 18.4 Å². The molecular weight excluding hydrogens is 318 g/mol. The molecule has 1 saturated heterocycles. The Labute approximate surface area is 144 Å². The molecule has 1 fully saturated rings. The Morgan fingerprint density at radius 1 is 1.28 bits per heavy atom. The lowest BCUT2D eigenvalue weighted by Gasteiger charge is -2.17. The number of hydrogen-bond donors (Lipinski definition) is 2. The lowest BCUT2D eigenvalue weighted by atomic mass is 9.90. The van der Waals surface area contributed by atoms with Gasteiger partial charge in [-0.25, -0.2) is 9.67 Å².